The van der Waals surface area contributed by atoms with Gasteiger partial charge in [-0.1, -0.05) is 54.1 Å². The molecule has 0 aliphatic heterocycles. The van der Waals surface area contributed by atoms with Crippen LogP contribution < -0.4 is 4.73 Å². The third kappa shape index (κ3) is 5.41. The molecule has 0 saturated heterocycles. The Morgan fingerprint density at radius 2 is 1.80 bits per heavy atom. The first-order chi connectivity index (χ1) is 20.0. The van der Waals surface area contributed by atoms with Crippen molar-refractivity contribution in [2.45, 2.75) is 12.3 Å². The number of benzene rings is 3. The highest BCUT2D eigenvalue weighted by Crippen LogP contribution is 2.31. The predicted octanol–water partition coefficient (Wildman–Crippen LogP) is 5.08. The average Bonchev–Trinajstić information content (AvgIpc) is 3.70. The SMILES string of the molecule is O=C(O)c1ccc(-c2cnc(C(Cc3ccccc3)c3ccc(-c4cc(Cl)ccc4-n4cnnn4)c[n+]3[O-])[nH]2)cc1. The van der Waals surface area contributed by atoms with Gasteiger partial charge in [0.1, 0.15) is 18.1 Å². The van der Waals surface area contributed by atoms with Crippen molar-refractivity contribution in [2.24, 2.45) is 0 Å². The molecule has 1 atom stereocenters. The zero-order valence-corrected chi connectivity index (χ0v) is 22.2. The largest absolute Gasteiger partial charge is 0.618 e. The van der Waals surface area contributed by atoms with Crippen LogP contribution in [0.5, 0.6) is 0 Å². The number of carbonyl (C=O) groups is 1. The van der Waals surface area contributed by atoms with Crippen LogP contribution in [0, 0.1) is 5.21 Å². The Kier molecular flexibility index (Phi) is 6.97. The van der Waals surface area contributed by atoms with Crippen molar-refractivity contribution in [2.75, 3.05) is 0 Å². The fourth-order valence-corrected chi connectivity index (χ4v) is 4.95. The molecule has 6 aromatic rings. The first-order valence-electron chi connectivity index (χ1n) is 12.7. The van der Waals surface area contributed by atoms with Gasteiger partial charge in [0.25, 0.3) is 0 Å². The van der Waals surface area contributed by atoms with E-state index in [0.717, 1.165) is 15.9 Å². The topological polar surface area (TPSA) is 137 Å². The van der Waals surface area contributed by atoms with Crippen LogP contribution in [-0.2, 0) is 6.42 Å². The summed E-state index contributed by atoms with van der Waals surface area (Å²) in [4.78, 5) is 19.2. The van der Waals surface area contributed by atoms with Gasteiger partial charge in [0.15, 0.2) is 6.20 Å². The van der Waals surface area contributed by atoms with Crippen molar-refractivity contribution < 1.29 is 14.6 Å². The van der Waals surface area contributed by atoms with Crippen molar-refractivity contribution in [3.05, 3.63) is 137 Å². The summed E-state index contributed by atoms with van der Waals surface area (Å²) in [5.74, 6) is -0.772. The number of rotatable bonds is 8. The lowest BCUT2D eigenvalue weighted by Gasteiger charge is -2.16. The molecular formula is C30H22ClN7O3. The number of aromatic nitrogens is 7. The number of carboxylic acids is 1. The van der Waals surface area contributed by atoms with Gasteiger partial charge in [0, 0.05) is 22.2 Å². The van der Waals surface area contributed by atoms with Crippen LogP contribution in [0.4, 0.5) is 0 Å². The van der Waals surface area contributed by atoms with E-state index in [-0.39, 0.29) is 5.56 Å². The van der Waals surface area contributed by atoms with E-state index < -0.39 is 11.9 Å². The van der Waals surface area contributed by atoms with Gasteiger partial charge < -0.3 is 15.3 Å². The summed E-state index contributed by atoms with van der Waals surface area (Å²) in [6.45, 7) is 0. The number of aromatic carboxylic acids is 1. The highest BCUT2D eigenvalue weighted by molar-refractivity contribution is 6.31. The Morgan fingerprint density at radius 1 is 1.02 bits per heavy atom. The van der Waals surface area contributed by atoms with Crippen molar-refractivity contribution in [1.82, 2.24) is 30.2 Å². The third-order valence-electron chi connectivity index (χ3n) is 6.82. The Balaban J connectivity index is 1.39. The van der Waals surface area contributed by atoms with Crippen LogP contribution in [0.2, 0.25) is 5.02 Å². The molecule has 2 N–H and O–H groups in total. The molecule has 11 heteroatoms. The Morgan fingerprint density at radius 3 is 2.51 bits per heavy atom. The summed E-state index contributed by atoms with van der Waals surface area (Å²) in [6, 6.07) is 25.4. The Hall–Kier alpha value is -5.35. The summed E-state index contributed by atoms with van der Waals surface area (Å²) in [6.07, 6.45) is 5.21. The fraction of sp³-hybridized carbons (Fsp3) is 0.0667. The van der Waals surface area contributed by atoms with E-state index in [2.05, 4.69) is 25.5 Å². The molecule has 3 heterocycles. The summed E-state index contributed by atoms with van der Waals surface area (Å²) in [7, 11) is 0. The predicted molar refractivity (Wildman–Crippen MR) is 152 cm³/mol. The van der Waals surface area contributed by atoms with Gasteiger partial charge >= 0.3 is 5.97 Å². The van der Waals surface area contributed by atoms with Crippen LogP contribution >= 0.6 is 11.6 Å². The minimum atomic E-state index is -0.990. The van der Waals surface area contributed by atoms with Crippen molar-refractivity contribution >= 4 is 17.6 Å². The number of imidazole rings is 1. The van der Waals surface area contributed by atoms with Gasteiger partial charge in [0.2, 0.25) is 5.69 Å². The summed E-state index contributed by atoms with van der Waals surface area (Å²) in [5, 5.41) is 34.8. The number of halogens is 1. The molecule has 0 radical (unpaired) electrons. The van der Waals surface area contributed by atoms with Gasteiger partial charge in [0.05, 0.1) is 23.1 Å². The van der Waals surface area contributed by atoms with E-state index in [1.165, 1.54) is 17.2 Å². The third-order valence-corrected chi connectivity index (χ3v) is 7.05. The molecule has 202 valence electrons. The van der Waals surface area contributed by atoms with E-state index in [4.69, 9.17) is 11.6 Å². The number of nitrogens with zero attached hydrogens (tertiary/aromatic N) is 6. The van der Waals surface area contributed by atoms with E-state index in [1.54, 1.807) is 54.7 Å². The van der Waals surface area contributed by atoms with E-state index in [1.807, 2.05) is 36.4 Å². The highest BCUT2D eigenvalue weighted by atomic mass is 35.5. The molecule has 0 fully saturated rings. The van der Waals surface area contributed by atoms with E-state index in [0.29, 0.717) is 45.5 Å². The number of carboxylic acid groups (broad SMARTS) is 1. The van der Waals surface area contributed by atoms with Gasteiger partial charge in [-0.05, 0) is 64.4 Å². The molecule has 0 amide bonds. The van der Waals surface area contributed by atoms with Crippen LogP contribution in [0.25, 0.3) is 28.1 Å². The lowest BCUT2D eigenvalue weighted by molar-refractivity contribution is -0.614. The molecule has 0 bridgehead atoms. The maximum absolute atomic E-state index is 13.6. The molecule has 10 nitrogen and oxygen atoms in total. The first kappa shape index (κ1) is 25.9. The smallest absolute Gasteiger partial charge is 0.335 e. The average molecular weight is 564 g/mol. The van der Waals surface area contributed by atoms with Gasteiger partial charge in [-0.25, -0.2) is 9.78 Å². The Labute approximate surface area is 239 Å². The molecule has 6 rings (SSSR count). The number of nitrogens with one attached hydrogen (secondary N) is 1. The van der Waals surface area contributed by atoms with E-state index in [9.17, 15) is 15.1 Å². The normalized spacial score (nSPS) is 11.8. The summed E-state index contributed by atoms with van der Waals surface area (Å²) in [5.41, 5.74) is 5.28. The molecule has 0 aliphatic rings. The minimum absolute atomic E-state index is 0.200. The lowest BCUT2D eigenvalue weighted by atomic mass is 9.94. The van der Waals surface area contributed by atoms with Crippen LogP contribution in [0.3, 0.4) is 0 Å². The molecule has 41 heavy (non-hydrogen) atoms. The number of aromatic amines is 1. The molecule has 3 aromatic carbocycles. The van der Waals surface area contributed by atoms with Gasteiger partial charge in [-0.2, -0.15) is 9.41 Å². The highest BCUT2D eigenvalue weighted by Gasteiger charge is 2.27. The Bertz CT molecular complexity index is 1820. The minimum Gasteiger partial charge on any atom is -0.618 e. The molecular weight excluding hydrogens is 542 g/mol. The number of H-pyrrole nitrogens is 1. The molecule has 0 aliphatic carbocycles. The maximum Gasteiger partial charge on any atom is 0.335 e. The second-order valence-electron chi connectivity index (χ2n) is 9.39. The quantitative estimate of drug-likeness (QED) is 0.195. The van der Waals surface area contributed by atoms with Crippen molar-refractivity contribution in [1.29, 1.82) is 0 Å². The summed E-state index contributed by atoms with van der Waals surface area (Å²) < 4.78 is 2.37. The molecule has 1 unspecified atom stereocenters. The number of tetrazole rings is 1. The van der Waals surface area contributed by atoms with E-state index >= 15 is 0 Å². The van der Waals surface area contributed by atoms with Gasteiger partial charge in [-0.3, -0.25) is 0 Å². The van der Waals surface area contributed by atoms with Crippen molar-refractivity contribution in [3.63, 3.8) is 0 Å². The number of hydrogen-bond acceptors (Lipinski definition) is 6. The molecule has 3 aromatic heterocycles. The van der Waals surface area contributed by atoms with Crippen molar-refractivity contribution in [3.8, 4) is 28.1 Å². The van der Waals surface area contributed by atoms with Crippen LogP contribution in [-0.4, -0.2) is 41.3 Å². The van der Waals surface area contributed by atoms with Crippen LogP contribution in [0.15, 0.2) is 104 Å². The maximum atomic E-state index is 13.6. The fourth-order valence-electron chi connectivity index (χ4n) is 4.78. The zero-order valence-electron chi connectivity index (χ0n) is 21.4. The monoisotopic (exact) mass is 563 g/mol. The van der Waals surface area contributed by atoms with Gasteiger partial charge in [-0.15, -0.1) is 5.10 Å². The second kappa shape index (κ2) is 11.0. The standard InChI is InChI=1S/C30H22ClN7O3/c31-23-11-13-27(37-18-33-35-36-37)24(15-23)22-10-12-28(38(41)17-22)25(14-19-4-2-1-3-5-19)29-32-16-26(34-29)20-6-8-21(9-7-20)30(39)40/h1-13,15-18,25H,14H2,(H,32,34)(H,39,40). The first-order valence-corrected chi connectivity index (χ1v) is 13.0. The lowest BCUT2D eigenvalue weighted by Crippen LogP contribution is -2.34. The summed E-state index contributed by atoms with van der Waals surface area (Å²) >= 11 is 6.31. The zero-order chi connectivity index (χ0) is 28.3. The number of pyridine rings is 1. The second-order valence-corrected chi connectivity index (χ2v) is 9.83. The number of hydrogen-bond donors (Lipinski definition) is 2. The molecule has 0 saturated carbocycles. The molecule has 0 spiro atoms. The van der Waals surface area contributed by atoms with Crippen LogP contribution in [0.1, 0.15) is 33.4 Å².